The lowest BCUT2D eigenvalue weighted by atomic mass is 10.1. The van der Waals surface area contributed by atoms with Crippen molar-refractivity contribution in [3.8, 4) is 0 Å². The molecule has 0 atom stereocenters. The monoisotopic (exact) mass is 442 g/mol. The molecule has 0 saturated heterocycles. The van der Waals surface area contributed by atoms with E-state index in [9.17, 15) is 14.4 Å². The molecular weight excluding hydrogens is 416 g/mol. The average Bonchev–Trinajstić information content (AvgIpc) is 3.39. The molecule has 2 aromatic heterocycles. The van der Waals surface area contributed by atoms with E-state index < -0.39 is 0 Å². The summed E-state index contributed by atoms with van der Waals surface area (Å²) < 4.78 is 3.16. The Morgan fingerprint density at radius 1 is 1.23 bits per heavy atom. The molecule has 3 aromatic rings. The molecule has 0 spiro atoms. The summed E-state index contributed by atoms with van der Waals surface area (Å²) in [5.41, 5.74) is 0.817. The van der Waals surface area contributed by atoms with E-state index in [1.165, 1.54) is 16.3 Å². The summed E-state index contributed by atoms with van der Waals surface area (Å²) in [5, 5.41) is 15.2. The molecule has 2 N–H and O–H groups in total. The van der Waals surface area contributed by atoms with E-state index >= 15 is 0 Å². The van der Waals surface area contributed by atoms with E-state index in [1.54, 1.807) is 29.6 Å². The van der Waals surface area contributed by atoms with Crippen LogP contribution in [0.25, 0.3) is 16.7 Å². The minimum absolute atomic E-state index is 0.0471. The van der Waals surface area contributed by atoms with Crippen molar-refractivity contribution in [3.05, 3.63) is 34.1 Å². The highest BCUT2D eigenvalue weighted by atomic mass is 32.2. The van der Waals surface area contributed by atoms with E-state index in [1.807, 2.05) is 13.8 Å². The summed E-state index contributed by atoms with van der Waals surface area (Å²) in [6.07, 6.45) is 4.25. The highest BCUT2D eigenvalue weighted by Gasteiger charge is 2.20. The number of aromatic nitrogens is 4. The Morgan fingerprint density at radius 3 is 2.68 bits per heavy atom. The Kier molecular flexibility index (Phi) is 5.99. The molecule has 10 heteroatoms. The normalized spacial score (nSPS) is 14.6. The van der Waals surface area contributed by atoms with Gasteiger partial charge in [-0.25, -0.2) is 0 Å². The lowest BCUT2D eigenvalue weighted by Crippen LogP contribution is -2.32. The molecule has 1 fully saturated rings. The third kappa shape index (κ3) is 4.30. The van der Waals surface area contributed by atoms with Gasteiger partial charge < -0.3 is 10.6 Å². The lowest BCUT2D eigenvalue weighted by molar-refractivity contribution is -0.119. The van der Waals surface area contributed by atoms with E-state index in [-0.39, 0.29) is 35.2 Å². The van der Waals surface area contributed by atoms with Gasteiger partial charge in [0.2, 0.25) is 11.7 Å². The van der Waals surface area contributed by atoms with Crippen molar-refractivity contribution in [2.45, 2.75) is 56.8 Å². The van der Waals surface area contributed by atoms with Gasteiger partial charge in [-0.15, -0.1) is 10.2 Å². The summed E-state index contributed by atoms with van der Waals surface area (Å²) in [6, 6.07) is 5.29. The first-order valence-corrected chi connectivity index (χ1v) is 11.4. The van der Waals surface area contributed by atoms with Crippen molar-refractivity contribution in [2.24, 2.45) is 7.05 Å². The summed E-state index contributed by atoms with van der Waals surface area (Å²) in [7, 11) is 1.63. The first kappa shape index (κ1) is 21.4. The van der Waals surface area contributed by atoms with E-state index in [4.69, 9.17) is 0 Å². The molecular formula is C21H26N6O3S. The van der Waals surface area contributed by atoms with Gasteiger partial charge in [0.25, 0.3) is 11.5 Å². The summed E-state index contributed by atoms with van der Waals surface area (Å²) in [4.78, 5) is 37.7. The highest BCUT2D eigenvalue weighted by Crippen LogP contribution is 2.23. The van der Waals surface area contributed by atoms with Crippen LogP contribution < -0.4 is 16.2 Å². The number of carbonyl (C=O) groups is 2. The van der Waals surface area contributed by atoms with Crippen LogP contribution in [0.1, 0.15) is 49.9 Å². The van der Waals surface area contributed by atoms with Gasteiger partial charge in [-0.3, -0.25) is 23.4 Å². The number of hydrogen-bond donors (Lipinski definition) is 2. The maximum absolute atomic E-state index is 12.8. The first-order chi connectivity index (χ1) is 14.8. The zero-order chi connectivity index (χ0) is 22.1. The van der Waals surface area contributed by atoms with Crippen molar-refractivity contribution in [3.63, 3.8) is 0 Å². The Bertz CT molecular complexity index is 1210. The minimum atomic E-state index is -0.216. The van der Waals surface area contributed by atoms with Crippen LogP contribution in [0.3, 0.4) is 0 Å². The number of nitrogens with zero attached hydrogens (tertiary/aromatic N) is 4. The molecule has 2 amide bonds. The van der Waals surface area contributed by atoms with Crippen LogP contribution in [-0.4, -0.2) is 48.8 Å². The molecule has 0 unspecified atom stereocenters. The fourth-order valence-corrected chi connectivity index (χ4v) is 4.68. The second-order valence-electron chi connectivity index (χ2n) is 8.18. The molecule has 1 aliphatic rings. The predicted molar refractivity (Wildman–Crippen MR) is 119 cm³/mol. The van der Waals surface area contributed by atoms with Gasteiger partial charge in [0.05, 0.1) is 16.7 Å². The van der Waals surface area contributed by atoms with Crippen molar-refractivity contribution >= 4 is 40.3 Å². The van der Waals surface area contributed by atoms with Gasteiger partial charge in [0.15, 0.2) is 5.16 Å². The smallest absolute Gasteiger partial charge is 0.262 e. The van der Waals surface area contributed by atoms with Crippen LogP contribution in [0.2, 0.25) is 0 Å². The lowest BCUT2D eigenvalue weighted by Gasteiger charge is -2.13. The van der Waals surface area contributed by atoms with E-state index in [2.05, 4.69) is 20.8 Å². The molecule has 31 heavy (non-hydrogen) atoms. The quantitative estimate of drug-likeness (QED) is 0.564. The molecule has 4 rings (SSSR count). The first-order valence-electron chi connectivity index (χ1n) is 10.5. The maximum atomic E-state index is 12.8. The second kappa shape index (κ2) is 8.70. The van der Waals surface area contributed by atoms with Crippen molar-refractivity contribution < 1.29 is 9.59 Å². The molecule has 1 saturated carbocycles. The molecule has 1 aliphatic carbocycles. The Balaban J connectivity index is 1.73. The van der Waals surface area contributed by atoms with E-state index in [0.29, 0.717) is 27.4 Å². The van der Waals surface area contributed by atoms with Gasteiger partial charge in [0, 0.05) is 24.7 Å². The number of amides is 2. The number of thioether (sulfide) groups is 1. The Morgan fingerprint density at radius 2 is 1.97 bits per heavy atom. The topological polar surface area (TPSA) is 110 Å². The predicted octanol–water partition coefficient (Wildman–Crippen LogP) is 1.87. The number of rotatable bonds is 6. The third-order valence-corrected chi connectivity index (χ3v) is 6.35. The molecule has 1 aromatic carbocycles. The molecule has 0 aliphatic heterocycles. The van der Waals surface area contributed by atoms with Crippen LogP contribution in [-0.2, 0) is 11.8 Å². The van der Waals surface area contributed by atoms with Crippen LogP contribution in [0.5, 0.6) is 0 Å². The summed E-state index contributed by atoms with van der Waals surface area (Å²) >= 11 is 1.24. The average molecular weight is 443 g/mol. The fraction of sp³-hybridized carbons (Fsp3) is 0.476. The molecule has 2 heterocycles. The Hall–Kier alpha value is -2.88. The maximum Gasteiger partial charge on any atom is 0.262 e. The zero-order valence-electron chi connectivity index (χ0n) is 17.8. The molecule has 9 nitrogen and oxygen atoms in total. The molecule has 0 bridgehead atoms. The SMILES string of the molecule is CC(C)NC(=O)CSc1nnc2n(C)c(=O)c3ccc(C(=O)NC4CCCC4)cc3n12. The highest BCUT2D eigenvalue weighted by molar-refractivity contribution is 7.99. The number of hydrogen-bond acceptors (Lipinski definition) is 6. The number of carbonyl (C=O) groups excluding carboxylic acids is 2. The van der Waals surface area contributed by atoms with Gasteiger partial charge in [-0.05, 0) is 44.9 Å². The van der Waals surface area contributed by atoms with Gasteiger partial charge in [0.1, 0.15) is 0 Å². The van der Waals surface area contributed by atoms with Crippen LogP contribution in [0.15, 0.2) is 28.2 Å². The van der Waals surface area contributed by atoms with Gasteiger partial charge >= 0.3 is 0 Å². The van der Waals surface area contributed by atoms with E-state index in [0.717, 1.165) is 25.7 Å². The zero-order valence-corrected chi connectivity index (χ0v) is 18.7. The molecule has 0 radical (unpaired) electrons. The second-order valence-corrected chi connectivity index (χ2v) is 9.12. The number of nitrogens with one attached hydrogen (secondary N) is 2. The van der Waals surface area contributed by atoms with Crippen LogP contribution in [0, 0.1) is 0 Å². The largest absolute Gasteiger partial charge is 0.353 e. The number of fused-ring (bicyclic) bond motifs is 3. The van der Waals surface area contributed by atoms with Gasteiger partial charge in [-0.1, -0.05) is 24.6 Å². The number of benzene rings is 1. The fourth-order valence-electron chi connectivity index (χ4n) is 3.93. The van der Waals surface area contributed by atoms with Crippen LogP contribution >= 0.6 is 11.8 Å². The third-order valence-electron chi connectivity index (χ3n) is 5.42. The van der Waals surface area contributed by atoms with Crippen molar-refractivity contribution in [1.82, 2.24) is 29.8 Å². The van der Waals surface area contributed by atoms with Gasteiger partial charge in [-0.2, -0.15) is 0 Å². The summed E-state index contributed by atoms with van der Waals surface area (Å²) in [6.45, 7) is 3.80. The van der Waals surface area contributed by atoms with Crippen LogP contribution in [0.4, 0.5) is 0 Å². The number of aryl methyl sites for hydroxylation is 1. The minimum Gasteiger partial charge on any atom is -0.353 e. The molecule has 164 valence electrons. The summed E-state index contributed by atoms with van der Waals surface area (Å²) in [5.74, 6) is 0.270. The van der Waals surface area contributed by atoms with Crippen molar-refractivity contribution in [2.75, 3.05) is 5.75 Å². The van der Waals surface area contributed by atoms with Crippen molar-refractivity contribution in [1.29, 1.82) is 0 Å². The Labute approximate surface area is 183 Å². The standard InChI is InChI=1S/C21H26N6O3S/c1-12(2)22-17(28)11-31-21-25-24-20-26(3)19(30)15-9-8-13(10-16(15)27(20)21)18(29)23-14-6-4-5-7-14/h8-10,12,14H,4-7,11H2,1-3H3,(H,22,28)(H,23,29).